The quantitative estimate of drug-likeness (QED) is 0.921. The highest BCUT2D eigenvalue weighted by atomic mass is 16.4. The van der Waals surface area contributed by atoms with Crippen LogP contribution in [0.4, 0.5) is 0 Å². The van der Waals surface area contributed by atoms with Crippen LogP contribution in [0, 0.1) is 12.3 Å². The van der Waals surface area contributed by atoms with Crippen molar-refractivity contribution >= 4 is 11.6 Å². The molecule has 1 atom stereocenters. The summed E-state index contributed by atoms with van der Waals surface area (Å²) < 4.78 is 2.03. The van der Waals surface area contributed by atoms with E-state index in [0.29, 0.717) is 6.54 Å². The van der Waals surface area contributed by atoms with Gasteiger partial charge < -0.3 is 9.51 Å². The first-order valence-corrected chi connectivity index (χ1v) is 8.42. The highest BCUT2D eigenvalue weighted by Crippen LogP contribution is 2.35. The Morgan fingerprint density at radius 2 is 2.30 bits per heavy atom. The summed E-state index contributed by atoms with van der Waals surface area (Å²) in [6.07, 6.45) is 7.47. The molecule has 0 aromatic carbocycles. The maximum atomic E-state index is 11.8. The van der Waals surface area contributed by atoms with Crippen molar-refractivity contribution in [3.05, 3.63) is 35.8 Å². The van der Waals surface area contributed by atoms with Gasteiger partial charge in [0.05, 0.1) is 11.1 Å². The van der Waals surface area contributed by atoms with E-state index in [2.05, 4.69) is 35.9 Å². The molecule has 2 aromatic heterocycles. The number of carboxylic acids is 1. The lowest BCUT2D eigenvalue weighted by molar-refractivity contribution is -0.153. The van der Waals surface area contributed by atoms with Crippen LogP contribution in [0.15, 0.2) is 24.5 Å². The SMILES string of the molecule is CCCC1(C(=O)O)CCCN(Cc2cn3ccc(C)cc3n2)C1. The van der Waals surface area contributed by atoms with Gasteiger partial charge in [-0.05, 0) is 50.4 Å². The van der Waals surface area contributed by atoms with Crippen molar-refractivity contribution in [2.45, 2.75) is 46.1 Å². The number of hydrogen-bond donors (Lipinski definition) is 1. The molecule has 0 spiro atoms. The molecule has 1 aliphatic rings. The molecule has 1 saturated heterocycles. The lowest BCUT2D eigenvalue weighted by atomic mass is 9.76. The number of imidazole rings is 1. The molecule has 23 heavy (non-hydrogen) atoms. The molecule has 1 unspecified atom stereocenters. The molecule has 0 saturated carbocycles. The van der Waals surface area contributed by atoms with Crippen LogP contribution in [0.3, 0.4) is 0 Å². The summed E-state index contributed by atoms with van der Waals surface area (Å²) in [6.45, 7) is 6.42. The molecule has 124 valence electrons. The van der Waals surface area contributed by atoms with Gasteiger partial charge in [-0.1, -0.05) is 13.3 Å². The van der Waals surface area contributed by atoms with Gasteiger partial charge in [-0.3, -0.25) is 9.69 Å². The number of hydrogen-bond acceptors (Lipinski definition) is 3. The Morgan fingerprint density at radius 1 is 1.48 bits per heavy atom. The van der Waals surface area contributed by atoms with Crippen molar-refractivity contribution in [3.63, 3.8) is 0 Å². The summed E-state index contributed by atoms with van der Waals surface area (Å²) in [5, 5.41) is 9.70. The zero-order chi connectivity index (χ0) is 16.4. The first kappa shape index (κ1) is 16.0. The van der Waals surface area contributed by atoms with Gasteiger partial charge >= 0.3 is 5.97 Å². The Labute approximate surface area is 136 Å². The maximum Gasteiger partial charge on any atom is 0.310 e. The van der Waals surface area contributed by atoms with Crippen LogP contribution in [-0.2, 0) is 11.3 Å². The fraction of sp³-hybridized carbons (Fsp3) is 0.556. The largest absolute Gasteiger partial charge is 0.481 e. The second-order valence-corrected chi connectivity index (χ2v) is 6.85. The number of likely N-dealkylation sites (tertiary alicyclic amines) is 1. The average Bonchev–Trinajstić information content (AvgIpc) is 2.89. The van der Waals surface area contributed by atoms with E-state index in [1.54, 1.807) is 0 Å². The first-order chi connectivity index (χ1) is 11.0. The van der Waals surface area contributed by atoms with Crippen LogP contribution in [0.1, 0.15) is 43.9 Å². The summed E-state index contributed by atoms with van der Waals surface area (Å²) in [5.74, 6) is -0.644. The number of aryl methyl sites for hydroxylation is 1. The number of aliphatic carboxylic acids is 1. The zero-order valence-corrected chi connectivity index (χ0v) is 14.0. The van der Waals surface area contributed by atoms with Gasteiger partial charge in [0.2, 0.25) is 0 Å². The molecular weight excluding hydrogens is 290 g/mol. The molecule has 0 aliphatic carbocycles. The van der Waals surface area contributed by atoms with Crippen LogP contribution in [0.25, 0.3) is 5.65 Å². The molecule has 1 N–H and O–H groups in total. The number of nitrogens with zero attached hydrogens (tertiary/aromatic N) is 3. The summed E-state index contributed by atoms with van der Waals surface area (Å²) in [4.78, 5) is 18.7. The Hall–Kier alpha value is -1.88. The molecular formula is C18H25N3O2. The smallest absolute Gasteiger partial charge is 0.310 e. The topological polar surface area (TPSA) is 57.8 Å². The molecule has 5 nitrogen and oxygen atoms in total. The number of pyridine rings is 1. The van der Waals surface area contributed by atoms with Crippen LogP contribution in [-0.4, -0.2) is 38.4 Å². The van der Waals surface area contributed by atoms with Crippen molar-refractivity contribution in [2.75, 3.05) is 13.1 Å². The van der Waals surface area contributed by atoms with Gasteiger partial charge in [-0.2, -0.15) is 0 Å². The third kappa shape index (κ3) is 3.24. The number of aromatic nitrogens is 2. The lowest BCUT2D eigenvalue weighted by Gasteiger charge is -2.39. The zero-order valence-electron chi connectivity index (χ0n) is 14.0. The summed E-state index contributed by atoms with van der Waals surface area (Å²) in [7, 11) is 0. The van der Waals surface area contributed by atoms with Crippen molar-refractivity contribution in [3.8, 4) is 0 Å². The normalized spacial score (nSPS) is 22.5. The second-order valence-electron chi connectivity index (χ2n) is 6.85. The molecule has 0 radical (unpaired) electrons. The molecule has 0 bridgehead atoms. The van der Waals surface area contributed by atoms with E-state index >= 15 is 0 Å². The predicted octanol–water partition coefficient (Wildman–Crippen LogP) is 3.11. The highest BCUT2D eigenvalue weighted by Gasteiger charge is 2.41. The second kappa shape index (κ2) is 6.32. The number of carboxylic acid groups (broad SMARTS) is 1. The number of carbonyl (C=O) groups is 1. The Balaban J connectivity index is 1.77. The number of fused-ring (bicyclic) bond motifs is 1. The van der Waals surface area contributed by atoms with Gasteiger partial charge in [0.25, 0.3) is 0 Å². The molecule has 1 fully saturated rings. The fourth-order valence-corrected chi connectivity index (χ4v) is 3.77. The Bertz CT molecular complexity index is 705. The van der Waals surface area contributed by atoms with Crippen LogP contribution in [0.2, 0.25) is 0 Å². The number of piperidine rings is 1. The van der Waals surface area contributed by atoms with Gasteiger partial charge in [-0.15, -0.1) is 0 Å². The van der Waals surface area contributed by atoms with Crippen molar-refractivity contribution < 1.29 is 9.90 Å². The van der Waals surface area contributed by atoms with E-state index in [1.807, 2.05) is 16.8 Å². The van der Waals surface area contributed by atoms with Crippen LogP contribution in [0.5, 0.6) is 0 Å². The summed E-state index contributed by atoms with van der Waals surface area (Å²) in [6, 6.07) is 4.13. The monoisotopic (exact) mass is 315 g/mol. The Kier molecular flexibility index (Phi) is 4.39. The molecule has 3 rings (SSSR count). The van der Waals surface area contributed by atoms with E-state index in [-0.39, 0.29) is 0 Å². The van der Waals surface area contributed by atoms with Crippen LogP contribution >= 0.6 is 0 Å². The van der Waals surface area contributed by atoms with Crippen molar-refractivity contribution in [1.82, 2.24) is 14.3 Å². The van der Waals surface area contributed by atoms with Gasteiger partial charge in [0, 0.05) is 25.5 Å². The first-order valence-electron chi connectivity index (χ1n) is 8.42. The molecule has 0 amide bonds. The van der Waals surface area contributed by atoms with Crippen molar-refractivity contribution in [1.29, 1.82) is 0 Å². The summed E-state index contributed by atoms with van der Waals surface area (Å²) >= 11 is 0. The van der Waals surface area contributed by atoms with Crippen molar-refractivity contribution in [2.24, 2.45) is 5.41 Å². The standard InChI is InChI=1S/C18H25N3O2/c1-3-6-18(17(22)23)7-4-8-20(13-18)11-15-12-21-9-5-14(2)10-16(21)19-15/h5,9-10,12H,3-4,6-8,11,13H2,1-2H3,(H,22,23). The lowest BCUT2D eigenvalue weighted by Crippen LogP contribution is -2.47. The highest BCUT2D eigenvalue weighted by molar-refractivity contribution is 5.75. The summed E-state index contributed by atoms with van der Waals surface area (Å²) in [5.41, 5.74) is 2.58. The van der Waals surface area contributed by atoms with E-state index in [1.165, 1.54) is 5.56 Å². The third-order valence-electron chi connectivity index (χ3n) is 4.89. The van der Waals surface area contributed by atoms with E-state index in [4.69, 9.17) is 0 Å². The Morgan fingerprint density at radius 3 is 3.04 bits per heavy atom. The third-order valence-corrected chi connectivity index (χ3v) is 4.89. The molecule has 1 aliphatic heterocycles. The minimum atomic E-state index is -0.644. The van der Waals surface area contributed by atoms with E-state index < -0.39 is 11.4 Å². The molecule has 2 aromatic rings. The predicted molar refractivity (Wildman–Crippen MR) is 89.4 cm³/mol. The van der Waals surface area contributed by atoms with E-state index in [0.717, 1.165) is 50.1 Å². The molecule has 5 heteroatoms. The minimum Gasteiger partial charge on any atom is -0.481 e. The minimum absolute atomic E-state index is 0.581. The fourth-order valence-electron chi connectivity index (χ4n) is 3.77. The molecule has 3 heterocycles. The van der Waals surface area contributed by atoms with Crippen LogP contribution < -0.4 is 0 Å². The average molecular weight is 315 g/mol. The van der Waals surface area contributed by atoms with Gasteiger partial charge in [0.15, 0.2) is 0 Å². The van der Waals surface area contributed by atoms with E-state index in [9.17, 15) is 9.90 Å². The van der Waals surface area contributed by atoms with Gasteiger partial charge in [0.1, 0.15) is 5.65 Å². The van der Waals surface area contributed by atoms with Gasteiger partial charge in [-0.25, -0.2) is 4.98 Å². The number of rotatable bonds is 5. The maximum absolute atomic E-state index is 11.8.